The van der Waals surface area contributed by atoms with Gasteiger partial charge in [-0.25, -0.2) is 0 Å². The molecule has 0 radical (unpaired) electrons. The van der Waals surface area contributed by atoms with Gasteiger partial charge in [0.1, 0.15) is 5.41 Å². The standard InChI is InChI=1S/C10H14ClNO2/c1-3-4-10(2)8(13)7(5-11)6-12-9(10)14/h6H,3-5H2,1-2H3,(H,12,14). The van der Waals surface area contributed by atoms with Gasteiger partial charge in [-0.2, -0.15) is 0 Å². The molecule has 1 aliphatic rings. The molecule has 1 atom stereocenters. The van der Waals surface area contributed by atoms with Crippen LogP contribution in [0.25, 0.3) is 0 Å². The van der Waals surface area contributed by atoms with Gasteiger partial charge in [0.05, 0.1) is 5.88 Å². The molecule has 0 spiro atoms. The average molecular weight is 216 g/mol. The van der Waals surface area contributed by atoms with Crippen LogP contribution in [0.15, 0.2) is 11.8 Å². The first-order valence-electron chi connectivity index (χ1n) is 4.67. The molecule has 78 valence electrons. The molecule has 1 unspecified atom stereocenters. The number of Topliss-reactive ketones (excluding diaryl/α,β-unsaturated/α-hetero) is 1. The number of rotatable bonds is 3. The Labute approximate surface area is 88.5 Å². The van der Waals surface area contributed by atoms with Crippen LogP contribution in [0, 0.1) is 5.41 Å². The van der Waals surface area contributed by atoms with Crippen LogP contribution in [0.4, 0.5) is 0 Å². The topological polar surface area (TPSA) is 46.2 Å². The Morgan fingerprint density at radius 3 is 2.64 bits per heavy atom. The molecule has 3 nitrogen and oxygen atoms in total. The number of carbonyl (C=O) groups is 2. The van der Waals surface area contributed by atoms with Crippen LogP contribution in [0.1, 0.15) is 26.7 Å². The molecule has 0 aromatic carbocycles. The van der Waals surface area contributed by atoms with Crippen molar-refractivity contribution in [2.24, 2.45) is 5.41 Å². The van der Waals surface area contributed by atoms with Gasteiger partial charge in [0, 0.05) is 11.8 Å². The van der Waals surface area contributed by atoms with Crippen LogP contribution >= 0.6 is 11.6 Å². The fourth-order valence-corrected chi connectivity index (χ4v) is 1.86. The van der Waals surface area contributed by atoms with Crippen LogP contribution in [-0.2, 0) is 9.59 Å². The fourth-order valence-electron chi connectivity index (χ4n) is 1.66. The Bertz CT molecular complexity index is 298. The Morgan fingerprint density at radius 2 is 2.14 bits per heavy atom. The molecule has 14 heavy (non-hydrogen) atoms. The van der Waals surface area contributed by atoms with Gasteiger partial charge in [0.2, 0.25) is 5.91 Å². The normalized spacial score (nSPS) is 27.2. The van der Waals surface area contributed by atoms with Gasteiger partial charge in [0.15, 0.2) is 5.78 Å². The Balaban J connectivity index is 3.01. The summed E-state index contributed by atoms with van der Waals surface area (Å²) >= 11 is 5.61. The average Bonchev–Trinajstić information content (AvgIpc) is 2.16. The van der Waals surface area contributed by atoms with Gasteiger partial charge in [-0.05, 0) is 13.3 Å². The van der Waals surface area contributed by atoms with E-state index in [1.807, 2.05) is 6.92 Å². The zero-order chi connectivity index (χ0) is 10.8. The van der Waals surface area contributed by atoms with Crippen LogP contribution in [0.2, 0.25) is 0 Å². The molecule has 0 saturated carbocycles. The first kappa shape index (κ1) is 11.2. The van der Waals surface area contributed by atoms with Crippen molar-refractivity contribution in [1.82, 2.24) is 5.32 Å². The van der Waals surface area contributed by atoms with Crippen molar-refractivity contribution in [1.29, 1.82) is 0 Å². The summed E-state index contributed by atoms with van der Waals surface area (Å²) in [4.78, 5) is 23.4. The molecule has 1 N–H and O–H groups in total. The largest absolute Gasteiger partial charge is 0.331 e. The maximum Gasteiger partial charge on any atom is 0.237 e. The molecular formula is C10H14ClNO2. The molecule has 1 rings (SSSR count). The Hall–Kier alpha value is -0.830. The molecule has 1 aliphatic heterocycles. The minimum absolute atomic E-state index is 0.141. The number of alkyl halides is 1. The summed E-state index contributed by atoms with van der Waals surface area (Å²) in [6.45, 7) is 3.62. The summed E-state index contributed by atoms with van der Waals surface area (Å²) in [6, 6.07) is 0. The lowest BCUT2D eigenvalue weighted by Crippen LogP contribution is -2.47. The zero-order valence-corrected chi connectivity index (χ0v) is 9.15. The quantitative estimate of drug-likeness (QED) is 0.575. The smallest absolute Gasteiger partial charge is 0.237 e. The van der Waals surface area contributed by atoms with Gasteiger partial charge in [-0.15, -0.1) is 11.6 Å². The molecule has 0 aromatic heterocycles. The van der Waals surface area contributed by atoms with E-state index in [0.29, 0.717) is 12.0 Å². The van der Waals surface area contributed by atoms with Crippen molar-refractivity contribution in [3.05, 3.63) is 11.8 Å². The van der Waals surface area contributed by atoms with Crippen LogP contribution in [0.5, 0.6) is 0 Å². The van der Waals surface area contributed by atoms with Gasteiger partial charge >= 0.3 is 0 Å². The van der Waals surface area contributed by atoms with Crippen molar-refractivity contribution in [3.63, 3.8) is 0 Å². The van der Waals surface area contributed by atoms with E-state index in [4.69, 9.17) is 11.6 Å². The van der Waals surface area contributed by atoms with Crippen LogP contribution in [-0.4, -0.2) is 17.6 Å². The first-order valence-corrected chi connectivity index (χ1v) is 5.20. The van der Waals surface area contributed by atoms with Crippen molar-refractivity contribution in [3.8, 4) is 0 Å². The highest BCUT2D eigenvalue weighted by Gasteiger charge is 2.43. The number of halogens is 1. The van der Waals surface area contributed by atoms with Crippen molar-refractivity contribution >= 4 is 23.3 Å². The summed E-state index contributed by atoms with van der Waals surface area (Å²) in [6.07, 6.45) is 2.77. The molecular weight excluding hydrogens is 202 g/mol. The lowest BCUT2D eigenvalue weighted by molar-refractivity contribution is -0.140. The molecule has 4 heteroatoms. The number of nitrogens with one attached hydrogen (secondary N) is 1. The van der Waals surface area contributed by atoms with Gasteiger partial charge < -0.3 is 5.32 Å². The maximum atomic E-state index is 11.9. The number of hydrogen-bond acceptors (Lipinski definition) is 2. The van der Waals surface area contributed by atoms with Crippen LogP contribution in [0.3, 0.4) is 0 Å². The van der Waals surface area contributed by atoms with E-state index in [0.717, 1.165) is 6.42 Å². The maximum absolute atomic E-state index is 11.9. The fraction of sp³-hybridized carbons (Fsp3) is 0.600. The van der Waals surface area contributed by atoms with E-state index in [2.05, 4.69) is 5.32 Å². The number of hydrogen-bond donors (Lipinski definition) is 1. The van der Waals surface area contributed by atoms with Gasteiger partial charge in [-0.1, -0.05) is 13.3 Å². The second kappa shape index (κ2) is 4.13. The van der Waals surface area contributed by atoms with E-state index in [1.165, 1.54) is 6.20 Å². The van der Waals surface area contributed by atoms with E-state index in [-0.39, 0.29) is 17.6 Å². The number of allylic oxidation sites excluding steroid dienone is 1. The molecule has 1 amide bonds. The van der Waals surface area contributed by atoms with Gasteiger partial charge in [-0.3, -0.25) is 9.59 Å². The Kier molecular flexibility index (Phi) is 3.32. The second-order valence-corrected chi connectivity index (χ2v) is 3.96. The van der Waals surface area contributed by atoms with Crippen LogP contribution < -0.4 is 5.32 Å². The van der Waals surface area contributed by atoms with E-state index < -0.39 is 5.41 Å². The lowest BCUT2D eigenvalue weighted by Gasteiger charge is -2.30. The molecule has 0 fully saturated rings. The summed E-state index contributed by atoms with van der Waals surface area (Å²) in [7, 11) is 0. The second-order valence-electron chi connectivity index (χ2n) is 3.69. The third-order valence-electron chi connectivity index (χ3n) is 2.57. The predicted molar refractivity (Wildman–Crippen MR) is 55.0 cm³/mol. The number of carbonyl (C=O) groups excluding carboxylic acids is 2. The highest BCUT2D eigenvalue weighted by Crippen LogP contribution is 2.30. The molecule has 0 aliphatic carbocycles. The molecule has 0 bridgehead atoms. The minimum Gasteiger partial charge on any atom is -0.331 e. The first-order chi connectivity index (χ1) is 6.56. The number of amides is 1. The summed E-state index contributed by atoms with van der Waals surface area (Å²) in [5, 5.41) is 2.58. The predicted octanol–water partition coefficient (Wildman–Crippen LogP) is 1.61. The molecule has 1 heterocycles. The summed E-state index contributed by atoms with van der Waals surface area (Å²) in [5.41, 5.74) is -0.435. The Morgan fingerprint density at radius 1 is 1.50 bits per heavy atom. The third kappa shape index (κ3) is 1.69. The van der Waals surface area contributed by atoms with E-state index in [1.54, 1.807) is 6.92 Å². The van der Waals surface area contributed by atoms with Gasteiger partial charge in [0.25, 0.3) is 0 Å². The SMILES string of the molecule is CCCC1(C)C(=O)NC=C(CCl)C1=O. The minimum atomic E-state index is -0.923. The van der Waals surface area contributed by atoms with Crippen molar-refractivity contribution in [2.75, 3.05) is 5.88 Å². The van der Waals surface area contributed by atoms with Crippen molar-refractivity contribution in [2.45, 2.75) is 26.7 Å². The highest BCUT2D eigenvalue weighted by molar-refractivity contribution is 6.26. The molecule has 0 saturated heterocycles. The zero-order valence-electron chi connectivity index (χ0n) is 8.39. The monoisotopic (exact) mass is 215 g/mol. The summed E-state index contributed by atoms with van der Waals surface area (Å²) < 4.78 is 0. The molecule has 0 aromatic rings. The lowest BCUT2D eigenvalue weighted by atomic mass is 9.76. The highest BCUT2D eigenvalue weighted by atomic mass is 35.5. The van der Waals surface area contributed by atoms with E-state index in [9.17, 15) is 9.59 Å². The van der Waals surface area contributed by atoms with Crippen molar-refractivity contribution < 1.29 is 9.59 Å². The summed E-state index contributed by atoms with van der Waals surface area (Å²) in [5.74, 6) is -0.213. The third-order valence-corrected chi connectivity index (χ3v) is 2.85. The number of ketones is 1. The van der Waals surface area contributed by atoms with E-state index >= 15 is 0 Å².